The summed E-state index contributed by atoms with van der Waals surface area (Å²) >= 11 is 0. The molecule has 1 atom stereocenters. The van der Waals surface area contributed by atoms with Crippen molar-refractivity contribution < 1.29 is 24.2 Å². The fraction of sp³-hybridized carbons (Fsp3) is 0.333. The summed E-state index contributed by atoms with van der Waals surface area (Å²) in [6.07, 6.45) is 3.18. The quantitative estimate of drug-likeness (QED) is 0.138. The molecule has 1 aliphatic rings. The number of aliphatic hydroxyl groups is 1. The van der Waals surface area contributed by atoms with E-state index in [0.29, 0.717) is 34.9 Å². The number of unbranched alkanes of at least 4 members (excludes halogenated alkanes) is 2. The van der Waals surface area contributed by atoms with Crippen LogP contribution in [0.4, 0.5) is 5.69 Å². The van der Waals surface area contributed by atoms with Crippen molar-refractivity contribution in [2.24, 2.45) is 0 Å². The lowest BCUT2D eigenvalue weighted by atomic mass is 9.87. The van der Waals surface area contributed by atoms with Crippen LogP contribution in [0.2, 0.25) is 0 Å². The Bertz CT molecular complexity index is 1350. The highest BCUT2D eigenvalue weighted by atomic mass is 16.5. The Kier molecular flexibility index (Phi) is 8.44. The van der Waals surface area contributed by atoms with Crippen LogP contribution in [0.15, 0.2) is 78.4 Å². The number of amides is 1. The van der Waals surface area contributed by atoms with Gasteiger partial charge in [-0.25, -0.2) is 0 Å². The van der Waals surface area contributed by atoms with Crippen molar-refractivity contribution in [3.63, 3.8) is 0 Å². The Morgan fingerprint density at radius 2 is 1.59 bits per heavy atom. The Labute approximate surface area is 230 Å². The molecule has 0 bridgehead atoms. The fourth-order valence-electron chi connectivity index (χ4n) is 4.81. The maximum atomic E-state index is 13.5. The Morgan fingerprint density at radius 1 is 0.923 bits per heavy atom. The van der Waals surface area contributed by atoms with E-state index in [1.165, 1.54) is 4.90 Å². The summed E-state index contributed by atoms with van der Waals surface area (Å²) in [4.78, 5) is 28.5. The number of carbonyl (C=O) groups excluding carboxylic acids is 2. The summed E-state index contributed by atoms with van der Waals surface area (Å²) in [5, 5.41) is 11.5. The van der Waals surface area contributed by atoms with Gasteiger partial charge in [-0.1, -0.05) is 70.9 Å². The number of ether oxygens (including phenoxy) is 2. The van der Waals surface area contributed by atoms with Crippen LogP contribution in [0.25, 0.3) is 5.76 Å². The Hall–Kier alpha value is -4.06. The van der Waals surface area contributed by atoms with Crippen molar-refractivity contribution in [3.8, 4) is 11.5 Å². The predicted octanol–water partition coefficient (Wildman–Crippen LogP) is 7.19. The molecule has 3 aromatic rings. The molecule has 1 N–H and O–H groups in total. The van der Waals surface area contributed by atoms with E-state index in [1.807, 2.05) is 42.5 Å². The number of rotatable bonds is 9. The number of methoxy groups -OCH3 is 1. The normalized spacial score (nSPS) is 16.9. The number of hydrogen-bond acceptors (Lipinski definition) is 5. The van der Waals surface area contributed by atoms with Crippen molar-refractivity contribution in [1.82, 2.24) is 0 Å². The average Bonchev–Trinajstić information content (AvgIpc) is 3.20. The second-order valence-corrected chi connectivity index (χ2v) is 10.8. The standard InChI is InChI=1S/C33H37NO5/c1-6-7-10-21-39-25-19-13-22(14-20-25)30(35)28-29(26-11-8-9-12-27(26)38-5)34(32(37)31(28)36)24-17-15-23(16-18-24)33(2,3)4/h8-9,11-20,29,35H,6-7,10,21H2,1-5H3/b30-28+. The smallest absolute Gasteiger partial charge is 0.300 e. The summed E-state index contributed by atoms with van der Waals surface area (Å²) in [7, 11) is 1.54. The molecular weight excluding hydrogens is 490 g/mol. The zero-order chi connectivity index (χ0) is 28.2. The third-order valence-electron chi connectivity index (χ3n) is 7.03. The molecular formula is C33H37NO5. The van der Waals surface area contributed by atoms with Crippen LogP contribution < -0.4 is 14.4 Å². The van der Waals surface area contributed by atoms with Gasteiger partial charge in [0.15, 0.2) is 0 Å². The van der Waals surface area contributed by atoms with Crippen LogP contribution in [0.1, 0.15) is 69.7 Å². The third-order valence-corrected chi connectivity index (χ3v) is 7.03. The zero-order valence-corrected chi connectivity index (χ0v) is 23.4. The van der Waals surface area contributed by atoms with Gasteiger partial charge in [0.05, 0.1) is 25.3 Å². The van der Waals surface area contributed by atoms with Gasteiger partial charge < -0.3 is 14.6 Å². The van der Waals surface area contributed by atoms with Crippen LogP contribution in [-0.4, -0.2) is 30.5 Å². The van der Waals surface area contributed by atoms with E-state index in [1.54, 1.807) is 37.4 Å². The van der Waals surface area contributed by atoms with Gasteiger partial charge in [0.2, 0.25) is 0 Å². The molecule has 6 nitrogen and oxygen atoms in total. The number of nitrogens with zero attached hydrogens (tertiary/aromatic N) is 1. The Balaban J connectivity index is 1.79. The highest BCUT2D eigenvalue weighted by molar-refractivity contribution is 6.51. The molecule has 0 radical (unpaired) electrons. The van der Waals surface area contributed by atoms with Gasteiger partial charge in [0.1, 0.15) is 17.3 Å². The molecule has 0 spiro atoms. The maximum absolute atomic E-state index is 13.5. The second kappa shape index (κ2) is 11.8. The van der Waals surface area contributed by atoms with Crippen molar-refractivity contribution in [1.29, 1.82) is 0 Å². The van der Waals surface area contributed by atoms with Crippen LogP contribution >= 0.6 is 0 Å². The van der Waals surface area contributed by atoms with Crippen LogP contribution in [0, 0.1) is 0 Å². The van der Waals surface area contributed by atoms with Gasteiger partial charge in [-0.3, -0.25) is 14.5 Å². The topological polar surface area (TPSA) is 76.1 Å². The fourth-order valence-corrected chi connectivity index (χ4v) is 4.81. The number of carbonyl (C=O) groups is 2. The molecule has 4 rings (SSSR count). The second-order valence-electron chi connectivity index (χ2n) is 10.8. The number of Topliss-reactive ketones (excluding diaryl/α,β-unsaturated/α-hetero) is 1. The molecule has 0 aromatic heterocycles. The highest BCUT2D eigenvalue weighted by Gasteiger charge is 2.48. The highest BCUT2D eigenvalue weighted by Crippen LogP contribution is 2.45. The first kappa shape index (κ1) is 28.0. The number of para-hydroxylation sites is 1. The molecule has 1 heterocycles. The van der Waals surface area contributed by atoms with Crippen LogP contribution in [0.3, 0.4) is 0 Å². The Morgan fingerprint density at radius 3 is 2.21 bits per heavy atom. The maximum Gasteiger partial charge on any atom is 0.300 e. The van der Waals surface area contributed by atoms with Crippen LogP contribution in [-0.2, 0) is 15.0 Å². The first-order chi connectivity index (χ1) is 18.7. The summed E-state index contributed by atoms with van der Waals surface area (Å²) in [6.45, 7) is 9.10. The molecule has 0 aliphatic carbocycles. The monoisotopic (exact) mass is 527 g/mol. The van der Waals surface area contributed by atoms with Crippen molar-refractivity contribution in [2.45, 2.75) is 58.4 Å². The molecule has 0 saturated carbocycles. The van der Waals surface area contributed by atoms with Crippen molar-refractivity contribution in [2.75, 3.05) is 18.6 Å². The lowest BCUT2D eigenvalue weighted by Crippen LogP contribution is -2.29. The van der Waals surface area contributed by atoms with E-state index in [2.05, 4.69) is 27.7 Å². The van der Waals surface area contributed by atoms with E-state index in [9.17, 15) is 14.7 Å². The van der Waals surface area contributed by atoms with Gasteiger partial charge in [-0.2, -0.15) is 0 Å². The van der Waals surface area contributed by atoms with E-state index in [-0.39, 0.29) is 16.7 Å². The third kappa shape index (κ3) is 5.85. The lowest BCUT2D eigenvalue weighted by molar-refractivity contribution is -0.132. The predicted molar refractivity (Wildman–Crippen MR) is 154 cm³/mol. The zero-order valence-electron chi connectivity index (χ0n) is 23.4. The van der Waals surface area contributed by atoms with E-state index in [0.717, 1.165) is 24.8 Å². The number of ketones is 1. The SMILES string of the molecule is CCCCCOc1ccc(/C(O)=C2\C(=O)C(=O)N(c3ccc(C(C)(C)C)cc3)C2c2ccccc2OC)cc1. The first-order valence-corrected chi connectivity index (χ1v) is 13.4. The largest absolute Gasteiger partial charge is 0.507 e. The molecule has 1 fully saturated rings. The minimum absolute atomic E-state index is 0.0148. The minimum Gasteiger partial charge on any atom is -0.507 e. The van der Waals surface area contributed by atoms with E-state index >= 15 is 0 Å². The molecule has 3 aromatic carbocycles. The number of aliphatic hydroxyl groups excluding tert-OH is 1. The molecule has 1 aliphatic heterocycles. The first-order valence-electron chi connectivity index (χ1n) is 13.4. The summed E-state index contributed by atoms with van der Waals surface area (Å²) in [5.74, 6) is -0.489. The summed E-state index contributed by atoms with van der Waals surface area (Å²) in [5.41, 5.74) is 2.65. The molecule has 1 amide bonds. The number of benzene rings is 3. The minimum atomic E-state index is -0.869. The van der Waals surface area contributed by atoms with Crippen molar-refractivity contribution in [3.05, 3.63) is 95.1 Å². The summed E-state index contributed by atoms with van der Waals surface area (Å²) in [6, 6.07) is 20.9. The molecule has 1 saturated heterocycles. The van der Waals surface area contributed by atoms with Gasteiger partial charge in [-0.05, 0) is 59.9 Å². The van der Waals surface area contributed by atoms with Crippen molar-refractivity contribution >= 4 is 23.1 Å². The van der Waals surface area contributed by atoms with Gasteiger partial charge >= 0.3 is 0 Å². The molecule has 1 unspecified atom stereocenters. The van der Waals surface area contributed by atoms with E-state index < -0.39 is 17.7 Å². The average molecular weight is 528 g/mol. The van der Waals surface area contributed by atoms with E-state index in [4.69, 9.17) is 9.47 Å². The molecule has 6 heteroatoms. The van der Waals surface area contributed by atoms with Gasteiger partial charge in [-0.15, -0.1) is 0 Å². The molecule has 39 heavy (non-hydrogen) atoms. The van der Waals surface area contributed by atoms with Gasteiger partial charge in [0.25, 0.3) is 11.7 Å². The van der Waals surface area contributed by atoms with Crippen LogP contribution in [0.5, 0.6) is 11.5 Å². The van der Waals surface area contributed by atoms with Gasteiger partial charge in [0, 0.05) is 16.8 Å². The number of hydrogen-bond donors (Lipinski definition) is 1. The molecule has 204 valence electrons. The number of anilines is 1. The lowest BCUT2D eigenvalue weighted by Gasteiger charge is -2.27. The summed E-state index contributed by atoms with van der Waals surface area (Å²) < 4.78 is 11.4.